The van der Waals surface area contributed by atoms with Crippen LogP contribution < -0.4 is 4.74 Å². The number of hydrogen-bond donors (Lipinski definition) is 1. The summed E-state index contributed by atoms with van der Waals surface area (Å²) in [5.41, 5.74) is 2.11. The molecule has 1 N–H and O–H groups in total. The van der Waals surface area contributed by atoms with Crippen LogP contribution >= 0.6 is 46.6 Å². The molecule has 3 rings (SSSR count). The molecule has 0 aliphatic heterocycles. The van der Waals surface area contributed by atoms with Gasteiger partial charge in [0.05, 0.1) is 21.2 Å². The second-order valence-corrected chi connectivity index (χ2v) is 11.9. The Kier molecular flexibility index (Phi) is 15.2. The molecular weight excluding hydrogens is 630 g/mol. The van der Waals surface area contributed by atoms with Crippen molar-refractivity contribution in [3.63, 3.8) is 0 Å². The van der Waals surface area contributed by atoms with E-state index in [0.717, 1.165) is 18.2 Å². The van der Waals surface area contributed by atoms with Crippen LogP contribution in [0.3, 0.4) is 0 Å². The predicted molar refractivity (Wildman–Crippen MR) is 168 cm³/mol. The van der Waals surface area contributed by atoms with Gasteiger partial charge in [0.25, 0.3) is 5.69 Å². The molecule has 0 heterocycles. The van der Waals surface area contributed by atoms with E-state index in [1.807, 2.05) is 18.7 Å². The fourth-order valence-electron chi connectivity index (χ4n) is 4.15. The Morgan fingerprint density at radius 1 is 1.26 bits per heavy atom. The van der Waals surface area contributed by atoms with Gasteiger partial charge in [-0.1, -0.05) is 60.7 Å². The minimum Gasteiger partial charge on any atom is -0.511 e. The fourth-order valence-corrected chi connectivity index (χ4v) is 5.71. The zero-order valence-electron chi connectivity index (χ0n) is 23.3. The van der Waals surface area contributed by atoms with Gasteiger partial charge in [0.15, 0.2) is 17.3 Å². The van der Waals surface area contributed by atoms with Crippen LogP contribution in [0.1, 0.15) is 46.5 Å². The van der Waals surface area contributed by atoms with Crippen molar-refractivity contribution < 1.29 is 28.8 Å². The molecule has 13 heteroatoms. The molecule has 0 saturated heterocycles. The van der Waals surface area contributed by atoms with Gasteiger partial charge in [-0.15, -0.1) is 0 Å². The van der Waals surface area contributed by atoms with Crippen LogP contribution in [0.5, 0.6) is 11.5 Å². The summed E-state index contributed by atoms with van der Waals surface area (Å²) in [6.07, 6.45) is 4.09. The lowest BCUT2D eigenvalue weighted by atomic mass is 9.82. The molecule has 0 amide bonds. The molecule has 8 nitrogen and oxygen atoms in total. The van der Waals surface area contributed by atoms with Crippen molar-refractivity contribution in [3.05, 3.63) is 85.3 Å². The van der Waals surface area contributed by atoms with E-state index in [-0.39, 0.29) is 51.3 Å². The van der Waals surface area contributed by atoms with Crippen molar-refractivity contribution in [2.24, 2.45) is 11.1 Å². The lowest BCUT2D eigenvalue weighted by Crippen LogP contribution is -2.26. The van der Waals surface area contributed by atoms with Crippen LogP contribution in [0, 0.1) is 21.8 Å². The zero-order valence-corrected chi connectivity index (χ0v) is 26.4. The molecule has 0 radical (unpaired) electrons. The van der Waals surface area contributed by atoms with Crippen molar-refractivity contribution in [3.8, 4) is 11.5 Å². The Labute approximate surface area is 263 Å². The molecule has 0 saturated carbocycles. The quantitative estimate of drug-likeness (QED) is 0.104. The van der Waals surface area contributed by atoms with Crippen LogP contribution in [0.4, 0.5) is 10.1 Å². The van der Waals surface area contributed by atoms with E-state index in [2.05, 4.69) is 19.0 Å². The first-order chi connectivity index (χ1) is 20.0. The highest BCUT2D eigenvalue weighted by Gasteiger charge is 2.31. The number of rotatable bonds is 12. The summed E-state index contributed by atoms with van der Waals surface area (Å²) >= 11 is 18.7. The number of oxime groups is 1. The lowest BCUT2D eigenvalue weighted by molar-refractivity contribution is -0.384. The number of allylic oxidation sites excluding steroid dienone is 2. The van der Waals surface area contributed by atoms with Gasteiger partial charge in [-0.05, 0) is 54.9 Å². The van der Waals surface area contributed by atoms with Gasteiger partial charge >= 0.3 is 0 Å². The first kappa shape index (κ1) is 35.4. The minimum atomic E-state index is -0.712. The summed E-state index contributed by atoms with van der Waals surface area (Å²) in [6.45, 7) is 6.43. The first-order valence-electron chi connectivity index (χ1n) is 13.1. The van der Waals surface area contributed by atoms with Crippen molar-refractivity contribution in [1.82, 2.24) is 0 Å². The maximum atomic E-state index is 13.6. The van der Waals surface area contributed by atoms with Crippen molar-refractivity contribution in [1.29, 1.82) is 0 Å². The van der Waals surface area contributed by atoms with Crippen LogP contribution in [0.25, 0.3) is 0 Å². The third kappa shape index (κ3) is 11.1. The summed E-state index contributed by atoms with van der Waals surface area (Å²) in [6, 6.07) is 7.60. The van der Waals surface area contributed by atoms with E-state index in [1.165, 1.54) is 35.9 Å². The predicted octanol–water partition coefficient (Wildman–Crippen LogP) is 9.68. The number of thioether (sulfide) groups is 1. The maximum absolute atomic E-state index is 13.6. The number of carbonyl (C=O) groups excluding carboxylic acids is 1. The van der Waals surface area contributed by atoms with Crippen LogP contribution in [0.2, 0.25) is 10.0 Å². The Bertz CT molecular complexity index is 1300. The average Bonchev–Trinajstić information content (AvgIpc) is 2.92. The van der Waals surface area contributed by atoms with Crippen LogP contribution in [0.15, 0.2) is 64.5 Å². The van der Waals surface area contributed by atoms with Gasteiger partial charge in [-0.3, -0.25) is 14.9 Å². The summed E-state index contributed by atoms with van der Waals surface area (Å²) in [7, 11) is 0. The summed E-state index contributed by atoms with van der Waals surface area (Å²) in [5, 5.41) is 25.5. The Balaban J connectivity index is 0.000000298. The number of carbonyl (C=O) groups is 1. The van der Waals surface area contributed by atoms with E-state index in [0.29, 0.717) is 35.8 Å². The maximum Gasteiger partial charge on any atom is 0.269 e. The second kappa shape index (κ2) is 18.0. The number of nitro benzene ring substituents is 1. The van der Waals surface area contributed by atoms with Crippen molar-refractivity contribution in [2.45, 2.75) is 51.7 Å². The number of Topliss-reactive ketones (excluding diaryl/α,β-unsaturated/α-hetero) is 1. The SMILES string of the molecule is CCSC(C)CC1CC(=O)C(/C(CC)=N/OC/C=C/Cl)=C(O)C1.O=[N+]([O-])c1ccc(Oc2c(F)cc(Cl)cc2Cl)cc1. The molecule has 228 valence electrons. The van der Waals surface area contributed by atoms with Gasteiger partial charge < -0.3 is 14.7 Å². The fraction of sp³-hybridized carbons (Fsp3) is 0.379. The number of nitrogens with zero attached hydrogens (tertiary/aromatic N) is 2. The molecule has 2 atom stereocenters. The monoisotopic (exact) mass is 660 g/mol. The largest absolute Gasteiger partial charge is 0.511 e. The normalized spacial score (nSPS) is 16.2. The molecule has 0 aromatic heterocycles. The van der Waals surface area contributed by atoms with Gasteiger partial charge in [0.2, 0.25) is 0 Å². The number of aliphatic hydroxyl groups is 1. The Morgan fingerprint density at radius 3 is 2.50 bits per heavy atom. The van der Waals surface area contributed by atoms with Gasteiger partial charge in [-0.25, -0.2) is 4.39 Å². The number of halogens is 4. The van der Waals surface area contributed by atoms with Crippen LogP contribution in [-0.4, -0.2) is 39.1 Å². The molecule has 0 fully saturated rings. The van der Waals surface area contributed by atoms with Crippen LogP contribution in [-0.2, 0) is 9.63 Å². The summed E-state index contributed by atoms with van der Waals surface area (Å²) in [4.78, 5) is 27.5. The average molecular weight is 662 g/mol. The van der Waals surface area contributed by atoms with Crippen molar-refractivity contribution >= 4 is 63.7 Å². The second-order valence-electron chi connectivity index (χ2n) is 9.12. The number of aliphatic hydroxyl groups excluding tert-OH is 1. The first-order valence-corrected chi connectivity index (χ1v) is 15.3. The Morgan fingerprint density at radius 2 is 1.95 bits per heavy atom. The molecule has 2 aromatic rings. The highest BCUT2D eigenvalue weighted by molar-refractivity contribution is 7.99. The zero-order chi connectivity index (χ0) is 31.2. The molecule has 1 aliphatic carbocycles. The highest BCUT2D eigenvalue weighted by Crippen LogP contribution is 2.35. The molecule has 2 aromatic carbocycles. The van der Waals surface area contributed by atoms with E-state index in [9.17, 15) is 24.4 Å². The number of ketones is 1. The summed E-state index contributed by atoms with van der Waals surface area (Å²) in [5.74, 6) is 0.722. The van der Waals surface area contributed by atoms with Gasteiger partial charge in [-0.2, -0.15) is 11.8 Å². The molecule has 0 bridgehead atoms. The van der Waals surface area contributed by atoms with Crippen molar-refractivity contribution in [2.75, 3.05) is 12.4 Å². The molecule has 1 aliphatic rings. The van der Waals surface area contributed by atoms with E-state index >= 15 is 0 Å². The lowest BCUT2D eigenvalue weighted by Gasteiger charge is -2.25. The van der Waals surface area contributed by atoms with E-state index in [4.69, 9.17) is 44.4 Å². The van der Waals surface area contributed by atoms with E-state index in [1.54, 1.807) is 6.08 Å². The van der Waals surface area contributed by atoms with E-state index < -0.39 is 10.7 Å². The Hall–Kier alpha value is -2.79. The van der Waals surface area contributed by atoms with Gasteiger partial charge in [0.1, 0.15) is 18.1 Å². The van der Waals surface area contributed by atoms with Gasteiger partial charge in [0, 0.05) is 40.8 Å². The number of benzene rings is 2. The molecule has 0 spiro atoms. The number of nitro groups is 1. The number of hydrogen-bond acceptors (Lipinski definition) is 8. The summed E-state index contributed by atoms with van der Waals surface area (Å²) < 4.78 is 18.8. The molecular formula is C29H32Cl3FN2O6S. The minimum absolute atomic E-state index is 0.0170. The molecule has 42 heavy (non-hydrogen) atoms. The third-order valence-electron chi connectivity index (χ3n) is 5.93. The topological polar surface area (TPSA) is 111 Å². The number of ether oxygens (including phenoxy) is 1. The standard InChI is InChI=1S/C17H26ClNO3S.C12H6Cl2FNO3/c1-4-14(19-22-8-6-7-18)17-15(20)10-13(11-16(17)21)9-12(3)23-5-2;13-7-5-10(14)12(11(15)6-7)19-9-3-1-8(2-4-9)16(17)18/h6-7,12-13,20H,4-5,8-11H2,1-3H3;1-6H/b7-6+,19-14+;. The third-order valence-corrected chi connectivity index (χ3v) is 7.70. The highest BCUT2D eigenvalue weighted by atomic mass is 35.5. The number of non-ortho nitro benzene ring substituents is 1. The smallest absolute Gasteiger partial charge is 0.269 e. The molecule has 2 unspecified atom stereocenters.